The number of benzene rings is 1. The molecule has 7 N–H and O–H groups in total. The summed E-state index contributed by atoms with van der Waals surface area (Å²) in [4.78, 5) is 20.5. The molecule has 1 aliphatic carbocycles. The minimum atomic E-state index is -1.22. The number of anilines is 3. The predicted octanol–water partition coefficient (Wildman–Crippen LogP) is 0.374. The van der Waals surface area contributed by atoms with Crippen molar-refractivity contribution in [2.45, 2.75) is 31.1 Å². The van der Waals surface area contributed by atoms with Crippen molar-refractivity contribution in [3.8, 4) is 5.75 Å². The van der Waals surface area contributed by atoms with E-state index in [4.69, 9.17) is 10.5 Å². The largest absolute Gasteiger partial charge is 0.493 e. The first-order valence-electron chi connectivity index (χ1n) is 10.4. The van der Waals surface area contributed by atoms with E-state index in [9.17, 15) is 24.5 Å². The van der Waals surface area contributed by atoms with Crippen LogP contribution in [0.2, 0.25) is 0 Å². The van der Waals surface area contributed by atoms with Crippen molar-refractivity contribution >= 4 is 23.4 Å². The molecule has 172 valence electrons. The van der Waals surface area contributed by atoms with Gasteiger partial charge in [0.1, 0.15) is 5.75 Å². The summed E-state index contributed by atoms with van der Waals surface area (Å²) in [6.45, 7) is -0.378. The first-order chi connectivity index (χ1) is 15.4. The Labute approximate surface area is 183 Å². The Morgan fingerprint density at radius 3 is 2.97 bits per heavy atom. The van der Waals surface area contributed by atoms with Crippen molar-refractivity contribution in [2.24, 2.45) is 23.5 Å². The zero-order valence-corrected chi connectivity index (χ0v) is 17.2. The van der Waals surface area contributed by atoms with Crippen molar-refractivity contribution < 1.29 is 29.2 Å². The molecule has 1 aromatic heterocycles. The van der Waals surface area contributed by atoms with Gasteiger partial charge in [-0.25, -0.2) is 9.37 Å². The molecule has 2 aliphatic rings. The number of carbonyl (C=O) groups is 1. The molecular weight excluding hydrogens is 421 g/mol. The Morgan fingerprint density at radius 2 is 2.22 bits per heavy atom. The van der Waals surface area contributed by atoms with E-state index in [2.05, 4.69) is 20.6 Å². The van der Waals surface area contributed by atoms with Crippen LogP contribution in [0.3, 0.4) is 0 Å². The molecule has 0 radical (unpaired) electrons. The van der Waals surface area contributed by atoms with Gasteiger partial charge in [0.15, 0.2) is 11.6 Å². The molecule has 10 nitrogen and oxygen atoms in total. The summed E-state index contributed by atoms with van der Waals surface area (Å²) in [5.41, 5.74) is 6.26. The van der Waals surface area contributed by atoms with Crippen LogP contribution in [0.15, 0.2) is 30.5 Å². The first-order valence-corrected chi connectivity index (χ1v) is 10.4. The Hall–Kier alpha value is -3.02. The van der Waals surface area contributed by atoms with Crippen molar-refractivity contribution in [1.82, 2.24) is 9.97 Å². The number of rotatable bonds is 3. The number of aliphatic hydroxyl groups excluding tert-OH is 3. The summed E-state index contributed by atoms with van der Waals surface area (Å²) in [5.74, 6) is -3.24. The summed E-state index contributed by atoms with van der Waals surface area (Å²) in [5, 5.41) is 36.6. The molecule has 1 unspecified atom stereocenters. The van der Waals surface area contributed by atoms with E-state index in [1.54, 1.807) is 24.3 Å². The van der Waals surface area contributed by atoms with Crippen LogP contribution < -0.4 is 21.1 Å². The van der Waals surface area contributed by atoms with Gasteiger partial charge in [0.05, 0.1) is 37.5 Å². The molecule has 4 rings (SSSR count). The molecule has 2 heterocycles. The van der Waals surface area contributed by atoms with E-state index in [0.29, 0.717) is 11.4 Å². The minimum Gasteiger partial charge on any atom is -0.493 e. The minimum absolute atomic E-state index is 0.112. The summed E-state index contributed by atoms with van der Waals surface area (Å²) in [6, 6.07) is 6.20. The lowest BCUT2D eigenvalue weighted by Crippen LogP contribution is -2.45. The highest BCUT2D eigenvalue weighted by Gasteiger charge is 2.51. The molecule has 4 bridgehead atoms. The van der Waals surface area contributed by atoms with Gasteiger partial charge in [-0.1, -0.05) is 6.07 Å². The third-order valence-corrected chi connectivity index (χ3v) is 6.18. The van der Waals surface area contributed by atoms with Gasteiger partial charge in [0.25, 0.3) is 0 Å². The number of hydrogen-bond donors (Lipinski definition) is 6. The van der Waals surface area contributed by atoms with Crippen LogP contribution in [-0.4, -0.2) is 62.7 Å². The van der Waals surface area contributed by atoms with Gasteiger partial charge in [-0.15, -0.1) is 0 Å². The zero-order valence-electron chi connectivity index (χ0n) is 17.2. The van der Waals surface area contributed by atoms with Crippen LogP contribution in [0, 0.1) is 23.6 Å². The van der Waals surface area contributed by atoms with E-state index in [1.165, 1.54) is 0 Å². The molecule has 0 saturated heterocycles. The van der Waals surface area contributed by atoms with Crippen LogP contribution in [-0.2, 0) is 4.79 Å². The number of nitrogens with two attached hydrogens (primary N) is 1. The fraction of sp³-hybridized carbons (Fsp3) is 0.476. The Bertz CT molecular complexity index is 979. The Morgan fingerprint density at radius 1 is 1.41 bits per heavy atom. The molecule has 1 aromatic carbocycles. The van der Waals surface area contributed by atoms with Gasteiger partial charge in [-0.05, 0) is 18.6 Å². The maximum Gasteiger partial charge on any atom is 0.229 e. The number of hydrogen-bond acceptors (Lipinski definition) is 9. The number of primary amides is 1. The van der Waals surface area contributed by atoms with E-state index in [-0.39, 0.29) is 31.2 Å². The van der Waals surface area contributed by atoms with Gasteiger partial charge in [-0.3, -0.25) is 4.79 Å². The number of nitrogens with one attached hydrogen (secondary N) is 2. The van der Waals surface area contributed by atoms with Gasteiger partial charge >= 0.3 is 0 Å². The molecule has 1 saturated carbocycles. The topological polar surface area (TPSA) is 163 Å². The molecule has 1 amide bonds. The fourth-order valence-corrected chi connectivity index (χ4v) is 4.64. The Balaban J connectivity index is 1.75. The lowest BCUT2D eigenvalue weighted by Gasteiger charge is -2.29. The molecule has 11 heteroatoms. The number of fused-ring (bicyclic) bond motifs is 5. The van der Waals surface area contributed by atoms with Crippen LogP contribution in [0.1, 0.15) is 12.8 Å². The summed E-state index contributed by atoms with van der Waals surface area (Å²) in [6.07, 6.45) is -0.753. The Kier molecular flexibility index (Phi) is 6.40. The fourth-order valence-electron chi connectivity index (χ4n) is 4.64. The third kappa shape index (κ3) is 4.45. The number of aliphatic hydroxyl groups is 3. The van der Waals surface area contributed by atoms with Crippen molar-refractivity contribution in [3.63, 3.8) is 0 Å². The SMILES string of the molecule is NC(=O)[C@@H]1[C@@H]2Nc3nc(ncc3F)Nc3cccc(c3)OCC[C@@H](O)[C@H]2C[C@H]1C(O)CO. The average Bonchev–Trinajstić information content (AvgIpc) is 3.15. The van der Waals surface area contributed by atoms with Crippen molar-refractivity contribution in [2.75, 3.05) is 23.8 Å². The second-order valence-electron chi connectivity index (χ2n) is 8.16. The van der Waals surface area contributed by atoms with Crippen LogP contribution in [0.5, 0.6) is 5.75 Å². The van der Waals surface area contributed by atoms with Gasteiger partial charge in [0, 0.05) is 36.1 Å². The monoisotopic (exact) mass is 447 g/mol. The average molecular weight is 447 g/mol. The summed E-state index contributed by atoms with van der Waals surface area (Å²) >= 11 is 0. The highest BCUT2D eigenvalue weighted by Crippen LogP contribution is 2.43. The van der Waals surface area contributed by atoms with Crippen molar-refractivity contribution in [3.05, 3.63) is 36.3 Å². The lowest BCUT2D eigenvalue weighted by molar-refractivity contribution is -0.125. The number of halogens is 1. The van der Waals surface area contributed by atoms with Crippen LogP contribution in [0.25, 0.3) is 0 Å². The second kappa shape index (κ2) is 9.23. The van der Waals surface area contributed by atoms with Gasteiger partial charge in [-0.2, -0.15) is 4.98 Å². The van der Waals surface area contributed by atoms with Gasteiger partial charge in [0.2, 0.25) is 11.9 Å². The molecule has 1 aliphatic heterocycles. The quantitative estimate of drug-likeness (QED) is 0.390. The van der Waals surface area contributed by atoms with E-state index < -0.39 is 54.3 Å². The van der Waals surface area contributed by atoms with Crippen LogP contribution >= 0.6 is 0 Å². The molecule has 0 spiro atoms. The van der Waals surface area contributed by atoms with E-state index in [0.717, 1.165) is 6.20 Å². The number of aromatic nitrogens is 2. The van der Waals surface area contributed by atoms with Gasteiger partial charge < -0.3 is 36.4 Å². The van der Waals surface area contributed by atoms with Crippen molar-refractivity contribution in [1.29, 1.82) is 0 Å². The molecule has 1 fully saturated rings. The molecule has 2 aromatic rings. The lowest BCUT2D eigenvalue weighted by atomic mass is 9.88. The molecule has 6 atom stereocenters. The number of nitrogens with zero attached hydrogens (tertiary/aromatic N) is 2. The smallest absolute Gasteiger partial charge is 0.229 e. The standard InChI is InChI=1S/C21H26FN5O5/c22-14-8-24-21-25-10-2-1-3-11(6-10)32-5-4-15(29)13-7-12(16(30)9-28)17(19(23)31)18(13)26-20(14)27-21/h1-3,6,8,12-13,15-18,28-30H,4-5,7,9H2,(H2,23,31)(H2,24,25,26,27)/t12-,13+,15+,16?,17-,18+/m0/s1. The normalized spacial score (nSPS) is 28.3. The zero-order chi connectivity index (χ0) is 22.8. The number of amides is 1. The van der Waals surface area contributed by atoms with Crippen LogP contribution in [0.4, 0.5) is 21.8 Å². The number of ether oxygens (including phenoxy) is 1. The maximum atomic E-state index is 14.6. The first kappa shape index (κ1) is 22.2. The highest BCUT2D eigenvalue weighted by atomic mass is 19.1. The maximum absolute atomic E-state index is 14.6. The molecule has 32 heavy (non-hydrogen) atoms. The molecular formula is C21H26FN5O5. The third-order valence-electron chi connectivity index (χ3n) is 6.18. The predicted molar refractivity (Wildman–Crippen MR) is 113 cm³/mol. The highest BCUT2D eigenvalue weighted by molar-refractivity contribution is 5.79. The summed E-state index contributed by atoms with van der Waals surface area (Å²) in [7, 11) is 0. The van der Waals surface area contributed by atoms with E-state index in [1.807, 2.05) is 0 Å². The number of carbonyl (C=O) groups excluding carboxylic acids is 1. The van der Waals surface area contributed by atoms with E-state index >= 15 is 0 Å². The second-order valence-corrected chi connectivity index (χ2v) is 8.16. The summed E-state index contributed by atoms with van der Waals surface area (Å²) < 4.78 is 20.3.